The second kappa shape index (κ2) is 9.35. The Morgan fingerprint density at radius 3 is 2.61 bits per heavy atom. The van der Waals surface area contributed by atoms with E-state index in [2.05, 4.69) is 45.2 Å². The zero-order valence-electron chi connectivity index (χ0n) is 18.5. The molecule has 1 N–H and O–H groups in total. The highest BCUT2D eigenvalue weighted by Gasteiger charge is 2.21. The van der Waals surface area contributed by atoms with Gasteiger partial charge in [0.25, 0.3) is 0 Å². The Morgan fingerprint density at radius 2 is 1.87 bits per heavy atom. The molecule has 0 bridgehead atoms. The number of rotatable bonds is 6. The summed E-state index contributed by atoms with van der Waals surface area (Å²) in [5.74, 6) is 0.881. The van der Waals surface area contributed by atoms with Crippen LogP contribution < -0.4 is 15.0 Å². The predicted molar refractivity (Wildman–Crippen MR) is 126 cm³/mol. The quantitative estimate of drug-likeness (QED) is 0.659. The summed E-state index contributed by atoms with van der Waals surface area (Å²) in [6.45, 7) is 7.97. The number of carbonyl (C=O) groups excluding carboxylic acids is 1. The Kier molecular flexibility index (Phi) is 6.37. The third-order valence-electron chi connectivity index (χ3n) is 5.87. The van der Waals surface area contributed by atoms with E-state index in [1.807, 2.05) is 37.3 Å². The van der Waals surface area contributed by atoms with Crippen LogP contribution in [0, 0.1) is 6.92 Å². The summed E-state index contributed by atoms with van der Waals surface area (Å²) < 4.78 is 5.42. The second-order valence-electron chi connectivity index (χ2n) is 7.99. The van der Waals surface area contributed by atoms with Crippen LogP contribution in [0.5, 0.6) is 5.75 Å². The number of piperazine rings is 1. The van der Waals surface area contributed by atoms with Crippen LogP contribution in [-0.2, 0) is 11.2 Å². The molecule has 1 fully saturated rings. The Hall–Kier alpha value is -3.12. The van der Waals surface area contributed by atoms with Crippen molar-refractivity contribution in [2.75, 3.05) is 50.1 Å². The summed E-state index contributed by atoms with van der Waals surface area (Å²) in [5, 5.41) is 4.18. The van der Waals surface area contributed by atoms with Gasteiger partial charge >= 0.3 is 0 Å². The van der Waals surface area contributed by atoms with Crippen LogP contribution in [-0.4, -0.2) is 55.6 Å². The highest BCUT2D eigenvalue weighted by molar-refractivity contribution is 5.94. The number of nitrogens with zero attached hydrogens (tertiary/aromatic N) is 3. The van der Waals surface area contributed by atoms with Crippen molar-refractivity contribution in [1.82, 2.24) is 9.88 Å². The highest BCUT2D eigenvalue weighted by Crippen LogP contribution is 2.30. The van der Waals surface area contributed by atoms with E-state index in [1.165, 1.54) is 5.69 Å². The van der Waals surface area contributed by atoms with E-state index in [0.717, 1.165) is 66.2 Å². The maximum Gasteiger partial charge on any atom is 0.238 e. The number of fused-ring (bicyclic) bond motifs is 1. The van der Waals surface area contributed by atoms with Crippen LogP contribution in [0.15, 0.2) is 48.5 Å². The molecule has 0 atom stereocenters. The monoisotopic (exact) mass is 418 g/mol. The fourth-order valence-electron chi connectivity index (χ4n) is 4.19. The maximum absolute atomic E-state index is 12.6. The summed E-state index contributed by atoms with van der Waals surface area (Å²) >= 11 is 0. The summed E-state index contributed by atoms with van der Waals surface area (Å²) in [4.78, 5) is 21.9. The van der Waals surface area contributed by atoms with Crippen molar-refractivity contribution in [3.05, 3.63) is 59.8 Å². The van der Waals surface area contributed by atoms with Gasteiger partial charge in [0.2, 0.25) is 5.91 Å². The molecule has 0 aliphatic carbocycles. The molecule has 31 heavy (non-hydrogen) atoms. The van der Waals surface area contributed by atoms with Gasteiger partial charge in [0.15, 0.2) is 0 Å². The van der Waals surface area contributed by atoms with Crippen molar-refractivity contribution < 1.29 is 9.53 Å². The number of aryl methyl sites for hydroxylation is 2. The number of amides is 1. The van der Waals surface area contributed by atoms with E-state index in [-0.39, 0.29) is 5.91 Å². The summed E-state index contributed by atoms with van der Waals surface area (Å²) in [6, 6.07) is 16.2. The summed E-state index contributed by atoms with van der Waals surface area (Å²) in [6.07, 6.45) is 0.902. The Labute approximate surface area is 183 Å². The fourth-order valence-corrected chi connectivity index (χ4v) is 4.19. The Morgan fingerprint density at radius 1 is 1.10 bits per heavy atom. The van der Waals surface area contributed by atoms with Gasteiger partial charge in [-0.3, -0.25) is 14.7 Å². The first kappa shape index (κ1) is 21.1. The highest BCUT2D eigenvalue weighted by atomic mass is 16.5. The molecular formula is C25H30N4O2. The lowest BCUT2D eigenvalue weighted by molar-refractivity contribution is -0.117. The number of benzene rings is 2. The lowest BCUT2D eigenvalue weighted by Crippen LogP contribution is -2.48. The van der Waals surface area contributed by atoms with E-state index in [4.69, 9.17) is 4.74 Å². The molecule has 6 nitrogen and oxygen atoms in total. The van der Waals surface area contributed by atoms with Gasteiger partial charge in [-0.05, 0) is 49.2 Å². The minimum absolute atomic E-state index is 0.0456. The molecule has 1 saturated heterocycles. The molecule has 0 saturated carbocycles. The molecule has 1 aromatic heterocycles. The molecule has 2 aromatic carbocycles. The van der Waals surface area contributed by atoms with Crippen LogP contribution in [0.1, 0.15) is 18.2 Å². The average molecular weight is 419 g/mol. The van der Waals surface area contributed by atoms with Crippen LogP contribution >= 0.6 is 0 Å². The zero-order valence-corrected chi connectivity index (χ0v) is 18.5. The first-order valence-corrected chi connectivity index (χ1v) is 10.9. The second-order valence-corrected chi connectivity index (χ2v) is 7.99. The first-order chi connectivity index (χ1) is 15.1. The van der Waals surface area contributed by atoms with Crippen molar-refractivity contribution in [2.24, 2.45) is 0 Å². The van der Waals surface area contributed by atoms with Gasteiger partial charge in [0.1, 0.15) is 5.75 Å². The van der Waals surface area contributed by atoms with Gasteiger partial charge in [-0.15, -0.1) is 0 Å². The number of carbonyl (C=O) groups is 1. The van der Waals surface area contributed by atoms with Crippen molar-refractivity contribution in [3.63, 3.8) is 0 Å². The minimum atomic E-state index is 0.0456. The van der Waals surface area contributed by atoms with Gasteiger partial charge < -0.3 is 15.0 Å². The van der Waals surface area contributed by atoms with Gasteiger partial charge in [-0.2, -0.15) is 0 Å². The number of methoxy groups -OCH3 is 1. The van der Waals surface area contributed by atoms with E-state index >= 15 is 0 Å². The number of aromatic nitrogens is 1. The number of para-hydroxylation sites is 1. The number of anilines is 2. The molecule has 1 amide bonds. The van der Waals surface area contributed by atoms with Crippen molar-refractivity contribution in [2.45, 2.75) is 20.3 Å². The maximum atomic E-state index is 12.6. The molecule has 4 rings (SSSR count). The number of hydrogen-bond acceptors (Lipinski definition) is 5. The van der Waals surface area contributed by atoms with Crippen molar-refractivity contribution in [1.29, 1.82) is 0 Å². The largest absolute Gasteiger partial charge is 0.497 e. The predicted octanol–water partition coefficient (Wildman–Crippen LogP) is 3.87. The Balaban J connectivity index is 1.41. The van der Waals surface area contributed by atoms with Crippen molar-refractivity contribution in [3.8, 4) is 5.75 Å². The number of ether oxygens (including phenoxy) is 1. The SMILES string of the molecule is CCc1ccccc1NC(=O)CN1CCN(c2cc(C)nc3ccc(OC)cc23)CC1. The third-order valence-corrected chi connectivity index (χ3v) is 5.87. The molecule has 1 aliphatic heterocycles. The minimum Gasteiger partial charge on any atom is -0.497 e. The topological polar surface area (TPSA) is 57.7 Å². The number of pyridine rings is 1. The Bertz CT molecular complexity index is 1070. The lowest BCUT2D eigenvalue weighted by Gasteiger charge is -2.36. The van der Waals surface area contributed by atoms with Gasteiger partial charge in [0.05, 0.1) is 19.2 Å². The third kappa shape index (κ3) is 4.80. The molecule has 0 radical (unpaired) electrons. The van der Waals surface area contributed by atoms with Gasteiger partial charge in [0, 0.05) is 48.6 Å². The molecule has 6 heteroatoms. The van der Waals surface area contributed by atoms with Crippen LogP contribution in [0.2, 0.25) is 0 Å². The zero-order chi connectivity index (χ0) is 21.8. The van der Waals surface area contributed by atoms with Crippen LogP contribution in [0.3, 0.4) is 0 Å². The standard InChI is InChI=1S/C25H30N4O2/c1-4-19-7-5-6-8-22(19)27-25(30)17-28-11-13-29(14-12-28)24-15-18(2)26-23-10-9-20(31-3)16-21(23)24/h5-10,15-16H,4,11-14,17H2,1-3H3,(H,27,30). The van der Waals surface area contributed by atoms with E-state index in [1.54, 1.807) is 7.11 Å². The molecule has 0 unspecified atom stereocenters. The first-order valence-electron chi connectivity index (χ1n) is 10.9. The van der Waals surface area contributed by atoms with Gasteiger partial charge in [-0.25, -0.2) is 0 Å². The molecule has 2 heterocycles. The fraction of sp³-hybridized carbons (Fsp3) is 0.360. The van der Waals surface area contributed by atoms with Crippen molar-refractivity contribution >= 4 is 28.2 Å². The lowest BCUT2D eigenvalue weighted by atomic mass is 10.1. The average Bonchev–Trinajstić information content (AvgIpc) is 2.79. The number of nitrogens with one attached hydrogen (secondary N) is 1. The summed E-state index contributed by atoms with van der Waals surface area (Å²) in [5.41, 5.74) is 5.25. The van der Waals surface area contributed by atoms with Crippen LogP contribution in [0.4, 0.5) is 11.4 Å². The number of hydrogen-bond donors (Lipinski definition) is 1. The molecular weight excluding hydrogens is 388 g/mol. The smallest absolute Gasteiger partial charge is 0.238 e. The normalized spacial score (nSPS) is 14.6. The van der Waals surface area contributed by atoms with E-state index in [0.29, 0.717) is 6.54 Å². The molecule has 3 aromatic rings. The van der Waals surface area contributed by atoms with Crippen LogP contribution in [0.25, 0.3) is 10.9 Å². The van der Waals surface area contributed by atoms with Gasteiger partial charge in [-0.1, -0.05) is 25.1 Å². The van der Waals surface area contributed by atoms with E-state index < -0.39 is 0 Å². The molecule has 0 spiro atoms. The van der Waals surface area contributed by atoms with E-state index in [9.17, 15) is 4.79 Å². The molecule has 1 aliphatic rings. The summed E-state index contributed by atoms with van der Waals surface area (Å²) in [7, 11) is 1.69. The molecule has 162 valence electrons.